The van der Waals surface area contributed by atoms with Gasteiger partial charge in [0.05, 0.1) is 13.0 Å². The molecule has 2 aromatic carbocycles. The Balaban J connectivity index is 1.91. The Morgan fingerprint density at radius 1 is 1.08 bits per heavy atom. The van der Waals surface area contributed by atoms with E-state index >= 15 is 0 Å². The number of amides is 2. The monoisotopic (exact) mass is 388 g/mol. The van der Waals surface area contributed by atoms with Crippen molar-refractivity contribution in [2.75, 3.05) is 18.9 Å². The zero-order chi connectivity index (χ0) is 17.7. The number of nitrogens with zero attached hydrogens (tertiary/aromatic N) is 1. The van der Waals surface area contributed by atoms with E-state index in [1.54, 1.807) is 7.05 Å². The number of nitrogens with one attached hydrogen (secondary N) is 1. The van der Waals surface area contributed by atoms with Gasteiger partial charge in [-0.25, -0.2) is 0 Å². The molecule has 0 spiro atoms. The van der Waals surface area contributed by atoms with Crippen molar-refractivity contribution in [3.8, 4) is 0 Å². The van der Waals surface area contributed by atoms with E-state index in [1.165, 1.54) is 4.90 Å². The fourth-order valence-corrected chi connectivity index (χ4v) is 2.54. The lowest BCUT2D eigenvalue weighted by Crippen LogP contribution is -2.35. The minimum atomic E-state index is -0.199. The van der Waals surface area contributed by atoms with Gasteiger partial charge in [0.2, 0.25) is 11.8 Å². The van der Waals surface area contributed by atoms with Crippen LogP contribution in [-0.2, 0) is 16.0 Å². The molecule has 0 heterocycles. The Morgan fingerprint density at radius 2 is 1.75 bits per heavy atom. The highest BCUT2D eigenvalue weighted by Gasteiger charge is 2.14. The van der Waals surface area contributed by atoms with E-state index in [0.29, 0.717) is 0 Å². The second-order valence-electron chi connectivity index (χ2n) is 5.92. The first-order chi connectivity index (χ1) is 11.3. The van der Waals surface area contributed by atoms with E-state index in [1.807, 2.05) is 56.3 Å². The first kappa shape index (κ1) is 18.2. The molecule has 0 saturated carbocycles. The molecule has 0 atom stereocenters. The standard InChI is InChI=1S/C19H21BrN2O2/c1-13-4-5-14(2)17(10-13)21-18(23)12-22(3)19(24)11-15-6-8-16(20)9-7-15/h4-10H,11-12H2,1-3H3,(H,21,23). The average Bonchev–Trinajstić information content (AvgIpc) is 2.53. The average molecular weight is 389 g/mol. The summed E-state index contributed by atoms with van der Waals surface area (Å²) in [6.45, 7) is 3.95. The highest BCUT2D eigenvalue weighted by Crippen LogP contribution is 2.16. The lowest BCUT2D eigenvalue weighted by molar-refractivity contribution is -0.132. The fourth-order valence-electron chi connectivity index (χ4n) is 2.28. The van der Waals surface area contributed by atoms with Crippen LogP contribution in [0.15, 0.2) is 46.9 Å². The van der Waals surface area contributed by atoms with Gasteiger partial charge in [0.15, 0.2) is 0 Å². The highest BCUT2D eigenvalue weighted by molar-refractivity contribution is 9.10. The number of likely N-dealkylation sites (N-methyl/N-ethyl adjacent to an activating group) is 1. The van der Waals surface area contributed by atoms with Gasteiger partial charge in [-0.2, -0.15) is 0 Å². The number of hydrogen-bond acceptors (Lipinski definition) is 2. The van der Waals surface area contributed by atoms with Crippen molar-refractivity contribution in [3.63, 3.8) is 0 Å². The van der Waals surface area contributed by atoms with Crippen molar-refractivity contribution in [2.24, 2.45) is 0 Å². The Kier molecular flexibility index (Phi) is 6.15. The molecule has 126 valence electrons. The lowest BCUT2D eigenvalue weighted by atomic mass is 10.1. The molecule has 1 N–H and O–H groups in total. The van der Waals surface area contributed by atoms with Crippen LogP contribution in [0.4, 0.5) is 5.69 Å². The van der Waals surface area contributed by atoms with Crippen molar-refractivity contribution < 1.29 is 9.59 Å². The Hall–Kier alpha value is -2.14. The van der Waals surface area contributed by atoms with Gasteiger partial charge in [-0.15, -0.1) is 0 Å². The fraction of sp³-hybridized carbons (Fsp3) is 0.263. The number of rotatable bonds is 5. The third kappa shape index (κ3) is 5.20. The molecular formula is C19H21BrN2O2. The van der Waals surface area contributed by atoms with E-state index in [-0.39, 0.29) is 24.8 Å². The van der Waals surface area contributed by atoms with Gasteiger partial charge in [0.1, 0.15) is 0 Å². The van der Waals surface area contributed by atoms with Crippen LogP contribution < -0.4 is 5.32 Å². The van der Waals surface area contributed by atoms with Crippen LogP contribution in [0.1, 0.15) is 16.7 Å². The zero-order valence-electron chi connectivity index (χ0n) is 14.1. The molecule has 0 saturated heterocycles. The summed E-state index contributed by atoms with van der Waals surface area (Å²) in [5.74, 6) is -0.288. The molecule has 5 heteroatoms. The molecule has 0 radical (unpaired) electrons. The van der Waals surface area contributed by atoms with Crippen molar-refractivity contribution in [2.45, 2.75) is 20.3 Å². The molecule has 0 unspecified atom stereocenters. The summed E-state index contributed by atoms with van der Waals surface area (Å²) in [7, 11) is 1.64. The summed E-state index contributed by atoms with van der Waals surface area (Å²) >= 11 is 3.37. The molecule has 2 aromatic rings. The van der Waals surface area contributed by atoms with E-state index in [2.05, 4.69) is 21.2 Å². The Labute approximate surface area is 151 Å². The van der Waals surface area contributed by atoms with Crippen LogP contribution in [0, 0.1) is 13.8 Å². The summed E-state index contributed by atoms with van der Waals surface area (Å²) in [4.78, 5) is 25.9. The molecule has 24 heavy (non-hydrogen) atoms. The van der Waals surface area contributed by atoms with Gasteiger partial charge in [-0.05, 0) is 48.7 Å². The maximum absolute atomic E-state index is 12.2. The first-order valence-electron chi connectivity index (χ1n) is 7.70. The third-order valence-electron chi connectivity index (χ3n) is 3.74. The van der Waals surface area contributed by atoms with Gasteiger partial charge in [0, 0.05) is 17.2 Å². The van der Waals surface area contributed by atoms with E-state index in [4.69, 9.17) is 0 Å². The van der Waals surface area contributed by atoms with E-state index in [9.17, 15) is 9.59 Å². The van der Waals surface area contributed by atoms with Gasteiger partial charge in [0.25, 0.3) is 0 Å². The number of carbonyl (C=O) groups excluding carboxylic acids is 2. The first-order valence-corrected chi connectivity index (χ1v) is 8.50. The van der Waals surface area contributed by atoms with E-state index < -0.39 is 0 Å². The largest absolute Gasteiger partial charge is 0.336 e. The molecule has 0 aliphatic heterocycles. The van der Waals surface area contributed by atoms with Gasteiger partial charge in [-0.1, -0.05) is 40.2 Å². The number of halogens is 1. The van der Waals surface area contributed by atoms with Gasteiger partial charge < -0.3 is 10.2 Å². The highest BCUT2D eigenvalue weighted by atomic mass is 79.9. The van der Waals surface area contributed by atoms with Gasteiger partial charge in [-0.3, -0.25) is 9.59 Å². The zero-order valence-corrected chi connectivity index (χ0v) is 15.7. The molecule has 0 aliphatic rings. The number of carbonyl (C=O) groups is 2. The van der Waals surface area contributed by atoms with Crippen molar-refractivity contribution in [1.29, 1.82) is 0 Å². The van der Waals surface area contributed by atoms with Gasteiger partial charge >= 0.3 is 0 Å². The smallest absolute Gasteiger partial charge is 0.243 e. The van der Waals surface area contributed by atoms with Crippen molar-refractivity contribution >= 4 is 33.4 Å². The summed E-state index contributed by atoms with van der Waals surface area (Å²) in [5, 5.41) is 2.87. The SMILES string of the molecule is Cc1ccc(C)c(NC(=O)CN(C)C(=O)Cc2ccc(Br)cc2)c1. The molecular weight excluding hydrogens is 368 g/mol. The van der Waals surface area contributed by atoms with Crippen LogP contribution in [0.5, 0.6) is 0 Å². The number of aryl methyl sites for hydroxylation is 2. The normalized spacial score (nSPS) is 10.3. The molecule has 0 fully saturated rings. The molecule has 0 aliphatic carbocycles. The summed E-state index contributed by atoms with van der Waals surface area (Å²) in [5.41, 5.74) is 3.78. The number of hydrogen-bond donors (Lipinski definition) is 1. The quantitative estimate of drug-likeness (QED) is 0.848. The van der Waals surface area contributed by atoms with Crippen LogP contribution in [0.2, 0.25) is 0 Å². The lowest BCUT2D eigenvalue weighted by Gasteiger charge is -2.17. The Morgan fingerprint density at radius 3 is 2.42 bits per heavy atom. The van der Waals surface area contributed by atoms with Crippen LogP contribution in [0.25, 0.3) is 0 Å². The van der Waals surface area contributed by atoms with Crippen LogP contribution in [0.3, 0.4) is 0 Å². The number of benzene rings is 2. The maximum atomic E-state index is 12.2. The molecule has 0 bridgehead atoms. The summed E-state index contributed by atoms with van der Waals surface area (Å²) < 4.78 is 0.972. The van der Waals surface area contributed by atoms with Crippen molar-refractivity contribution in [3.05, 3.63) is 63.6 Å². The molecule has 0 aromatic heterocycles. The summed E-state index contributed by atoms with van der Waals surface area (Å²) in [6, 6.07) is 13.5. The molecule has 2 amide bonds. The maximum Gasteiger partial charge on any atom is 0.243 e. The topological polar surface area (TPSA) is 49.4 Å². The number of anilines is 1. The predicted octanol–water partition coefficient (Wildman–Crippen LogP) is 3.71. The van der Waals surface area contributed by atoms with Crippen molar-refractivity contribution in [1.82, 2.24) is 4.90 Å². The minimum Gasteiger partial charge on any atom is -0.336 e. The van der Waals surface area contributed by atoms with E-state index in [0.717, 1.165) is 26.9 Å². The second kappa shape index (κ2) is 8.11. The minimum absolute atomic E-state index is 0.0305. The predicted molar refractivity (Wildman–Crippen MR) is 100 cm³/mol. The second-order valence-corrected chi connectivity index (χ2v) is 6.84. The summed E-state index contributed by atoms with van der Waals surface area (Å²) in [6.07, 6.45) is 0.278. The van der Waals surface area contributed by atoms with Crippen LogP contribution >= 0.6 is 15.9 Å². The third-order valence-corrected chi connectivity index (χ3v) is 4.27. The molecule has 2 rings (SSSR count). The Bertz CT molecular complexity index is 742. The van der Waals surface area contributed by atoms with Crippen LogP contribution in [-0.4, -0.2) is 30.3 Å². The molecule has 4 nitrogen and oxygen atoms in total.